The molecule has 96 valence electrons. The van der Waals surface area contributed by atoms with Gasteiger partial charge in [-0.15, -0.1) is 0 Å². The summed E-state index contributed by atoms with van der Waals surface area (Å²) < 4.78 is 18.6. The highest BCUT2D eigenvalue weighted by Crippen LogP contribution is 2.24. The van der Waals surface area contributed by atoms with Crippen LogP contribution in [-0.2, 0) is 6.42 Å². The van der Waals surface area contributed by atoms with Gasteiger partial charge in [-0.05, 0) is 53.6 Å². The molecule has 0 fully saturated rings. The number of halogens is 1. The first-order valence-corrected chi connectivity index (χ1v) is 6.70. The van der Waals surface area contributed by atoms with Gasteiger partial charge in [-0.25, -0.2) is 4.39 Å². The zero-order valence-corrected chi connectivity index (χ0v) is 11.3. The van der Waals surface area contributed by atoms with Crippen molar-refractivity contribution in [2.75, 3.05) is 14.2 Å². The second-order valence-electron chi connectivity index (χ2n) is 4.07. The lowest BCUT2D eigenvalue weighted by Crippen LogP contribution is -2.18. The topological polar surface area (TPSA) is 21.3 Å². The fourth-order valence-corrected chi connectivity index (χ4v) is 2.61. The van der Waals surface area contributed by atoms with Crippen LogP contribution in [0.1, 0.15) is 17.2 Å². The molecule has 1 heterocycles. The summed E-state index contributed by atoms with van der Waals surface area (Å²) in [6.45, 7) is 0. The summed E-state index contributed by atoms with van der Waals surface area (Å²) in [5.74, 6) is -0.0373. The van der Waals surface area contributed by atoms with Gasteiger partial charge in [-0.1, -0.05) is 6.07 Å². The largest absolute Gasteiger partial charge is 0.494 e. The second-order valence-corrected chi connectivity index (χ2v) is 4.85. The normalized spacial score (nSPS) is 12.4. The molecule has 0 aliphatic carbocycles. The average Bonchev–Trinajstić information content (AvgIpc) is 2.88. The maximum Gasteiger partial charge on any atom is 0.165 e. The summed E-state index contributed by atoms with van der Waals surface area (Å²) in [6.07, 6.45) is 0.853. The average molecular weight is 265 g/mol. The molecule has 1 atom stereocenters. The number of methoxy groups -OCH3 is 1. The lowest BCUT2D eigenvalue weighted by molar-refractivity contribution is 0.385. The summed E-state index contributed by atoms with van der Waals surface area (Å²) in [4.78, 5) is 0. The lowest BCUT2D eigenvalue weighted by Gasteiger charge is -2.16. The number of benzene rings is 1. The molecule has 0 saturated carbocycles. The molecule has 18 heavy (non-hydrogen) atoms. The van der Waals surface area contributed by atoms with E-state index in [4.69, 9.17) is 4.74 Å². The van der Waals surface area contributed by atoms with E-state index in [1.807, 2.05) is 13.1 Å². The quantitative estimate of drug-likeness (QED) is 0.894. The van der Waals surface area contributed by atoms with Crippen molar-refractivity contribution in [2.45, 2.75) is 12.5 Å². The zero-order chi connectivity index (χ0) is 13.0. The zero-order valence-electron chi connectivity index (χ0n) is 10.4. The van der Waals surface area contributed by atoms with Crippen LogP contribution in [0.15, 0.2) is 35.0 Å². The highest BCUT2D eigenvalue weighted by atomic mass is 32.1. The molecule has 2 aromatic rings. The van der Waals surface area contributed by atoms with Crippen LogP contribution >= 0.6 is 11.3 Å². The minimum Gasteiger partial charge on any atom is -0.494 e. The van der Waals surface area contributed by atoms with Gasteiger partial charge in [-0.2, -0.15) is 11.3 Å². The molecule has 0 bridgehead atoms. The molecule has 0 radical (unpaired) electrons. The molecule has 0 saturated heterocycles. The first-order chi connectivity index (χ1) is 8.74. The van der Waals surface area contributed by atoms with E-state index in [0.29, 0.717) is 0 Å². The van der Waals surface area contributed by atoms with E-state index >= 15 is 0 Å². The van der Waals surface area contributed by atoms with Gasteiger partial charge in [0.25, 0.3) is 0 Å². The predicted octanol–water partition coefficient (Wildman–Crippen LogP) is 3.40. The molecule has 1 aromatic heterocycles. The Balaban J connectivity index is 2.19. The number of hydrogen-bond acceptors (Lipinski definition) is 3. The Labute approximate surface area is 110 Å². The lowest BCUT2D eigenvalue weighted by atomic mass is 10.0. The van der Waals surface area contributed by atoms with Crippen molar-refractivity contribution < 1.29 is 9.13 Å². The first kappa shape index (κ1) is 13.1. The highest BCUT2D eigenvalue weighted by Gasteiger charge is 2.13. The minimum atomic E-state index is -0.319. The van der Waals surface area contributed by atoms with Crippen molar-refractivity contribution in [1.29, 1.82) is 0 Å². The van der Waals surface area contributed by atoms with Gasteiger partial charge < -0.3 is 10.1 Å². The Morgan fingerprint density at radius 2 is 2.22 bits per heavy atom. The third kappa shape index (κ3) is 2.89. The SMILES string of the molecule is CNC(Cc1ccsc1)c1ccc(OC)c(F)c1. The van der Waals surface area contributed by atoms with E-state index in [1.165, 1.54) is 18.7 Å². The molecule has 0 spiro atoms. The van der Waals surface area contributed by atoms with Crippen LogP contribution in [0.5, 0.6) is 5.75 Å². The van der Waals surface area contributed by atoms with Crippen LogP contribution in [0.4, 0.5) is 4.39 Å². The Hall–Kier alpha value is -1.39. The van der Waals surface area contributed by atoms with Crippen LogP contribution in [0.2, 0.25) is 0 Å². The molecular weight excluding hydrogens is 249 g/mol. The molecule has 1 aromatic carbocycles. The number of likely N-dealkylation sites (N-methyl/N-ethyl adjacent to an activating group) is 1. The van der Waals surface area contributed by atoms with Gasteiger partial charge in [-0.3, -0.25) is 0 Å². The number of hydrogen-bond donors (Lipinski definition) is 1. The number of nitrogens with one attached hydrogen (secondary N) is 1. The maximum atomic E-state index is 13.7. The van der Waals surface area contributed by atoms with Crippen LogP contribution in [0.3, 0.4) is 0 Å². The number of ether oxygens (including phenoxy) is 1. The highest BCUT2D eigenvalue weighted by molar-refractivity contribution is 7.07. The Morgan fingerprint density at radius 3 is 2.78 bits per heavy atom. The maximum absolute atomic E-state index is 13.7. The van der Waals surface area contributed by atoms with Crippen molar-refractivity contribution in [1.82, 2.24) is 5.32 Å². The molecule has 1 N–H and O–H groups in total. The summed E-state index contributed by atoms with van der Waals surface area (Å²) in [6, 6.07) is 7.30. The fraction of sp³-hybridized carbons (Fsp3) is 0.286. The van der Waals surface area contributed by atoms with E-state index in [-0.39, 0.29) is 17.6 Å². The van der Waals surface area contributed by atoms with Crippen LogP contribution in [-0.4, -0.2) is 14.2 Å². The van der Waals surface area contributed by atoms with E-state index in [2.05, 4.69) is 22.1 Å². The van der Waals surface area contributed by atoms with E-state index < -0.39 is 0 Å². The molecule has 0 amide bonds. The van der Waals surface area contributed by atoms with Gasteiger partial charge in [0.1, 0.15) is 0 Å². The van der Waals surface area contributed by atoms with E-state index in [9.17, 15) is 4.39 Å². The summed E-state index contributed by atoms with van der Waals surface area (Å²) in [5.41, 5.74) is 2.19. The predicted molar refractivity (Wildman–Crippen MR) is 72.8 cm³/mol. The molecule has 0 aliphatic heterocycles. The van der Waals surface area contributed by atoms with Crippen molar-refractivity contribution in [3.63, 3.8) is 0 Å². The van der Waals surface area contributed by atoms with E-state index in [0.717, 1.165) is 12.0 Å². The third-order valence-corrected chi connectivity index (χ3v) is 3.68. The molecular formula is C14H16FNOS. The van der Waals surface area contributed by atoms with Gasteiger partial charge >= 0.3 is 0 Å². The van der Waals surface area contributed by atoms with Crippen molar-refractivity contribution in [3.05, 3.63) is 52.0 Å². The second kappa shape index (κ2) is 5.98. The van der Waals surface area contributed by atoms with Gasteiger partial charge in [0.15, 0.2) is 11.6 Å². The summed E-state index contributed by atoms with van der Waals surface area (Å²) in [5, 5.41) is 7.39. The van der Waals surface area contributed by atoms with Gasteiger partial charge in [0, 0.05) is 6.04 Å². The summed E-state index contributed by atoms with van der Waals surface area (Å²) >= 11 is 1.67. The molecule has 4 heteroatoms. The Kier molecular flexibility index (Phi) is 4.33. The van der Waals surface area contributed by atoms with Gasteiger partial charge in [0.05, 0.1) is 7.11 Å². The van der Waals surface area contributed by atoms with Crippen LogP contribution in [0.25, 0.3) is 0 Å². The van der Waals surface area contributed by atoms with E-state index in [1.54, 1.807) is 17.4 Å². The summed E-state index contributed by atoms with van der Waals surface area (Å²) in [7, 11) is 3.36. The van der Waals surface area contributed by atoms with Gasteiger partial charge in [0.2, 0.25) is 0 Å². The third-order valence-electron chi connectivity index (χ3n) is 2.95. The van der Waals surface area contributed by atoms with Crippen LogP contribution in [0, 0.1) is 5.82 Å². The molecule has 2 rings (SSSR count). The van der Waals surface area contributed by atoms with Crippen molar-refractivity contribution >= 4 is 11.3 Å². The molecule has 0 aliphatic rings. The Morgan fingerprint density at radius 1 is 1.39 bits per heavy atom. The number of thiophene rings is 1. The minimum absolute atomic E-state index is 0.111. The monoisotopic (exact) mass is 265 g/mol. The first-order valence-electron chi connectivity index (χ1n) is 5.76. The van der Waals surface area contributed by atoms with Crippen LogP contribution < -0.4 is 10.1 Å². The van der Waals surface area contributed by atoms with Crippen molar-refractivity contribution in [3.8, 4) is 5.75 Å². The van der Waals surface area contributed by atoms with Crippen molar-refractivity contribution in [2.24, 2.45) is 0 Å². The smallest absolute Gasteiger partial charge is 0.165 e. The molecule has 2 nitrogen and oxygen atoms in total. The number of rotatable bonds is 5. The standard InChI is InChI=1S/C14H16FNOS/c1-16-13(7-10-5-6-18-9-10)11-3-4-14(17-2)12(15)8-11/h3-6,8-9,13,16H,7H2,1-2H3. The Bertz CT molecular complexity index is 499. The molecule has 1 unspecified atom stereocenters. The fourth-order valence-electron chi connectivity index (χ4n) is 1.93.